The lowest BCUT2D eigenvalue weighted by Crippen LogP contribution is -2.48. The maximum Gasteiger partial charge on any atom is 0.409 e. The van der Waals surface area contributed by atoms with Gasteiger partial charge in [0.15, 0.2) is 0 Å². The van der Waals surface area contributed by atoms with Crippen LogP contribution in [-0.4, -0.2) is 54.7 Å². The molecule has 2 aromatic rings. The van der Waals surface area contributed by atoms with Gasteiger partial charge < -0.3 is 19.0 Å². The van der Waals surface area contributed by atoms with Crippen molar-refractivity contribution in [2.24, 2.45) is 0 Å². The second-order valence-electron chi connectivity index (χ2n) is 7.68. The maximum atomic E-state index is 13.6. The van der Waals surface area contributed by atoms with Gasteiger partial charge in [-0.25, -0.2) is 9.18 Å². The van der Waals surface area contributed by atoms with Gasteiger partial charge in [-0.05, 0) is 57.7 Å². The summed E-state index contributed by atoms with van der Waals surface area (Å²) < 4.78 is 24.3. The molecule has 1 aromatic carbocycles. The maximum absolute atomic E-state index is 13.6. The van der Waals surface area contributed by atoms with Crippen LogP contribution in [0, 0.1) is 5.82 Å². The molecule has 2 fully saturated rings. The van der Waals surface area contributed by atoms with Gasteiger partial charge in [-0.2, -0.15) is 0 Å². The quantitative estimate of drug-likeness (QED) is 0.714. The fraction of sp³-hybridized carbons (Fsp3) is 0.571. The molecular weight excluding hydrogens is 383 g/mol. The average Bonchev–Trinajstić information content (AvgIpc) is 3.11. The highest BCUT2D eigenvalue weighted by Gasteiger charge is 2.31. The van der Waals surface area contributed by atoms with E-state index >= 15 is 0 Å². The minimum Gasteiger partial charge on any atom is -0.464 e. The highest BCUT2D eigenvalue weighted by atomic mass is 35.5. The van der Waals surface area contributed by atoms with E-state index in [0.717, 1.165) is 62.8 Å². The van der Waals surface area contributed by atoms with Gasteiger partial charge in [-0.15, -0.1) is 0 Å². The van der Waals surface area contributed by atoms with Crippen molar-refractivity contribution in [2.75, 3.05) is 32.8 Å². The smallest absolute Gasteiger partial charge is 0.409 e. The summed E-state index contributed by atoms with van der Waals surface area (Å²) in [6, 6.07) is 3.58. The summed E-state index contributed by atoms with van der Waals surface area (Å²) in [5.41, 5.74) is 1.69. The number of carbonyl (C=O) groups excluding carboxylic acids is 1. The lowest BCUT2D eigenvalue weighted by atomic mass is 9.88. The zero-order valence-corrected chi connectivity index (χ0v) is 16.9. The topological polar surface area (TPSA) is 45.9 Å². The molecule has 4 rings (SSSR count). The third-order valence-corrected chi connectivity index (χ3v) is 6.41. The normalized spacial score (nSPS) is 20.0. The number of likely N-dealkylation sites (tertiary alicyclic amines) is 2. The van der Waals surface area contributed by atoms with Crippen LogP contribution in [0.15, 0.2) is 22.8 Å². The van der Waals surface area contributed by atoms with Gasteiger partial charge in [-0.1, -0.05) is 11.6 Å². The van der Waals surface area contributed by atoms with Crippen LogP contribution < -0.4 is 0 Å². The summed E-state index contributed by atoms with van der Waals surface area (Å²) in [6.45, 7) is 5.84. The number of furan rings is 1. The van der Waals surface area contributed by atoms with E-state index in [-0.39, 0.29) is 11.1 Å². The first-order valence-corrected chi connectivity index (χ1v) is 10.5. The SMILES string of the molecule is CCOC(=O)N1CCC(N2CCC(c3coc4cc(F)c(Cl)cc34)CC2)CC1. The number of piperidine rings is 2. The van der Waals surface area contributed by atoms with Gasteiger partial charge in [0, 0.05) is 36.1 Å². The van der Waals surface area contributed by atoms with Gasteiger partial charge in [0.1, 0.15) is 11.4 Å². The summed E-state index contributed by atoms with van der Waals surface area (Å²) in [5, 5.41) is 1.06. The first kappa shape index (κ1) is 19.5. The monoisotopic (exact) mass is 408 g/mol. The van der Waals surface area contributed by atoms with Crippen molar-refractivity contribution in [2.45, 2.75) is 44.6 Å². The van der Waals surface area contributed by atoms with Gasteiger partial charge in [0.2, 0.25) is 0 Å². The minimum absolute atomic E-state index is 0.140. The van der Waals surface area contributed by atoms with E-state index in [2.05, 4.69) is 4.90 Å². The predicted octanol–water partition coefficient (Wildman–Crippen LogP) is 5.03. The fourth-order valence-corrected chi connectivity index (χ4v) is 4.73. The molecule has 0 spiro atoms. The molecule has 0 unspecified atom stereocenters. The van der Waals surface area contributed by atoms with Crippen molar-refractivity contribution in [1.29, 1.82) is 0 Å². The number of benzene rings is 1. The summed E-state index contributed by atoms with van der Waals surface area (Å²) in [6.07, 6.45) is 5.64. The largest absolute Gasteiger partial charge is 0.464 e. The Labute approximate surface area is 169 Å². The zero-order chi connectivity index (χ0) is 19.7. The number of hydrogen-bond donors (Lipinski definition) is 0. The number of rotatable bonds is 3. The number of nitrogens with zero attached hydrogens (tertiary/aromatic N) is 2. The summed E-state index contributed by atoms with van der Waals surface area (Å²) in [5.74, 6) is -0.0438. The Hall–Kier alpha value is -1.79. The first-order chi connectivity index (χ1) is 13.6. The minimum atomic E-state index is -0.445. The lowest BCUT2D eigenvalue weighted by molar-refractivity contribution is 0.0663. The Morgan fingerprint density at radius 2 is 1.93 bits per heavy atom. The molecular formula is C21H26ClFN2O3. The molecule has 5 nitrogen and oxygen atoms in total. The van der Waals surface area contributed by atoms with Crippen molar-refractivity contribution in [3.8, 4) is 0 Å². The van der Waals surface area contributed by atoms with E-state index < -0.39 is 5.82 Å². The third-order valence-electron chi connectivity index (χ3n) is 6.12. The number of ether oxygens (including phenoxy) is 1. The zero-order valence-electron chi connectivity index (χ0n) is 16.1. The molecule has 0 saturated carbocycles. The molecule has 2 saturated heterocycles. The second kappa shape index (κ2) is 8.29. The Bertz CT molecular complexity index is 840. The van der Waals surface area contributed by atoms with Crippen LogP contribution in [-0.2, 0) is 4.74 Å². The molecule has 0 radical (unpaired) electrons. The molecule has 0 atom stereocenters. The van der Waals surface area contributed by atoms with Crippen LogP contribution in [0.4, 0.5) is 9.18 Å². The highest BCUT2D eigenvalue weighted by molar-refractivity contribution is 6.31. The summed E-state index contributed by atoms with van der Waals surface area (Å²) >= 11 is 5.97. The van der Waals surface area contributed by atoms with Gasteiger partial charge in [0.25, 0.3) is 0 Å². The number of carbonyl (C=O) groups is 1. The van der Waals surface area contributed by atoms with Gasteiger partial charge in [0.05, 0.1) is 17.9 Å². The van der Waals surface area contributed by atoms with Crippen LogP contribution >= 0.6 is 11.6 Å². The van der Waals surface area contributed by atoms with Crippen LogP contribution in [0.5, 0.6) is 0 Å². The van der Waals surface area contributed by atoms with Crippen molar-refractivity contribution < 1.29 is 18.3 Å². The lowest BCUT2D eigenvalue weighted by Gasteiger charge is -2.41. The molecule has 2 aliphatic heterocycles. The molecule has 2 aliphatic rings. The van der Waals surface area contributed by atoms with Crippen molar-refractivity contribution >= 4 is 28.7 Å². The van der Waals surface area contributed by atoms with E-state index in [1.165, 1.54) is 6.07 Å². The van der Waals surface area contributed by atoms with E-state index in [9.17, 15) is 9.18 Å². The van der Waals surface area contributed by atoms with E-state index in [1.54, 1.807) is 12.3 Å². The molecule has 1 amide bonds. The van der Waals surface area contributed by atoms with Gasteiger partial charge >= 0.3 is 6.09 Å². The van der Waals surface area contributed by atoms with Crippen molar-refractivity contribution in [3.63, 3.8) is 0 Å². The van der Waals surface area contributed by atoms with Crippen molar-refractivity contribution in [3.05, 3.63) is 34.8 Å². The average molecular weight is 409 g/mol. The molecule has 1 aromatic heterocycles. The van der Waals surface area contributed by atoms with Crippen LogP contribution in [0.2, 0.25) is 5.02 Å². The summed E-state index contributed by atoms with van der Waals surface area (Å²) in [4.78, 5) is 16.2. The summed E-state index contributed by atoms with van der Waals surface area (Å²) in [7, 11) is 0. The molecule has 0 aliphatic carbocycles. The van der Waals surface area contributed by atoms with E-state index in [0.29, 0.717) is 24.1 Å². The molecule has 152 valence electrons. The molecule has 0 N–H and O–H groups in total. The molecule has 7 heteroatoms. The first-order valence-electron chi connectivity index (χ1n) is 10.1. The van der Waals surface area contributed by atoms with Crippen LogP contribution in [0.25, 0.3) is 11.0 Å². The Morgan fingerprint density at radius 1 is 1.21 bits per heavy atom. The Morgan fingerprint density at radius 3 is 2.61 bits per heavy atom. The predicted molar refractivity (Wildman–Crippen MR) is 106 cm³/mol. The second-order valence-corrected chi connectivity index (χ2v) is 8.09. The number of halogens is 2. The van der Waals surface area contributed by atoms with Crippen LogP contribution in [0.3, 0.4) is 0 Å². The van der Waals surface area contributed by atoms with Crippen molar-refractivity contribution in [1.82, 2.24) is 9.80 Å². The standard InChI is InChI=1S/C21H26ClFN2O3/c1-2-27-21(26)25-9-5-15(6-10-25)24-7-3-14(4-8-24)17-13-28-20-12-19(23)18(22)11-16(17)20/h11-15H,2-10H2,1H3. The Kier molecular flexibility index (Phi) is 5.78. The Balaban J connectivity index is 1.34. The molecule has 0 bridgehead atoms. The van der Waals surface area contributed by atoms with Crippen LogP contribution in [0.1, 0.15) is 44.1 Å². The fourth-order valence-electron chi connectivity index (χ4n) is 4.56. The molecule has 3 heterocycles. The third kappa shape index (κ3) is 3.85. The number of hydrogen-bond acceptors (Lipinski definition) is 4. The van der Waals surface area contributed by atoms with Gasteiger partial charge in [-0.3, -0.25) is 0 Å². The van der Waals surface area contributed by atoms with E-state index in [1.807, 2.05) is 11.8 Å². The van der Waals surface area contributed by atoms with E-state index in [4.69, 9.17) is 20.8 Å². The number of fused-ring (bicyclic) bond motifs is 1. The molecule has 28 heavy (non-hydrogen) atoms. The highest BCUT2D eigenvalue weighted by Crippen LogP contribution is 2.37. The number of amides is 1.